The Labute approximate surface area is 180 Å². The van der Waals surface area contributed by atoms with Gasteiger partial charge in [0.2, 0.25) is 0 Å². The lowest BCUT2D eigenvalue weighted by Gasteiger charge is -2.26. The monoisotopic (exact) mass is 462 g/mol. The number of benzene rings is 2. The quantitative estimate of drug-likeness (QED) is 0.421. The normalized spacial score (nSPS) is 11.3. The molecule has 2 aromatic carbocycles. The van der Waals surface area contributed by atoms with Crippen LogP contribution in [0.4, 0.5) is 0 Å². The van der Waals surface area contributed by atoms with Crippen LogP contribution in [0.1, 0.15) is 11.1 Å². The summed E-state index contributed by atoms with van der Waals surface area (Å²) in [4.78, 5) is 0. The summed E-state index contributed by atoms with van der Waals surface area (Å²) >= 11 is 11.9. The van der Waals surface area contributed by atoms with E-state index in [4.69, 9.17) is 45.3 Å². The van der Waals surface area contributed by atoms with Crippen molar-refractivity contribution in [3.8, 4) is 0 Å². The van der Waals surface area contributed by atoms with Crippen molar-refractivity contribution in [2.45, 2.75) is 11.9 Å². The second kappa shape index (κ2) is 13.5. The van der Waals surface area contributed by atoms with Gasteiger partial charge in [0.05, 0.1) is 0 Å². The van der Waals surface area contributed by atoms with Crippen molar-refractivity contribution in [2.24, 2.45) is 0 Å². The highest BCUT2D eigenvalue weighted by atomic mass is 35.5. The molecule has 0 saturated carbocycles. The van der Waals surface area contributed by atoms with Crippen LogP contribution in [0.2, 0.25) is 5.02 Å². The smallest absolute Gasteiger partial charge is 0.400 e. The van der Waals surface area contributed by atoms with Gasteiger partial charge in [0.25, 0.3) is 0 Å². The van der Waals surface area contributed by atoms with Crippen LogP contribution in [0.5, 0.6) is 0 Å². The molecule has 0 saturated heterocycles. The first-order valence-electron chi connectivity index (χ1n) is 8.60. The molecular weight excluding hydrogens is 435 g/mol. The van der Waals surface area contributed by atoms with Crippen LogP contribution in [0.25, 0.3) is 0 Å². The van der Waals surface area contributed by atoms with Crippen LogP contribution < -0.4 is 5.19 Å². The second-order valence-electron chi connectivity index (χ2n) is 5.66. The molecular formula is C19H28Cl2O5Si2. The van der Waals surface area contributed by atoms with E-state index < -0.39 is 18.1 Å². The molecule has 9 heteroatoms. The van der Waals surface area contributed by atoms with Crippen LogP contribution in [0, 0.1) is 0 Å². The third-order valence-electron chi connectivity index (χ3n) is 4.17. The molecule has 0 N–H and O–H groups in total. The molecule has 0 radical (unpaired) electrons. The third kappa shape index (κ3) is 6.94. The lowest BCUT2D eigenvalue weighted by Crippen LogP contribution is -2.55. The molecule has 0 aliphatic heterocycles. The largest absolute Gasteiger partial charge is 0.536 e. The summed E-state index contributed by atoms with van der Waals surface area (Å²) in [6.45, 7) is 0. The molecule has 5 nitrogen and oxygen atoms in total. The zero-order valence-electron chi connectivity index (χ0n) is 16.9. The summed E-state index contributed by atoms with van der Waals surface area (Å²) in [5, 5.41) is 1.71. The predicted octanol–water partition coefficient (Wildman–Crippen LogP) is 3.45. The minimum absolute atomic E-state index is 0.418. The molecule has 156 valence electrons. The first-order chi connectivity index (χ1) is 13.5. The Hall–Kier alpha value is -0.746. The maximum Gasteiger partial charge on any atom is 0.536 e. The van der Waals surface area contributed by atoms with Crippen molar-refractivity contribution in [3.05, 3.63) is 64.7 Å². The van der Waals surface area contributed by atoms with Crippen molar-refractivity contribution in [1.82, 2.24) is 0 Å². The van der Waals surface area contributed by atoms with Gasteiger partial charge in [-0.3, -0.25) is 0 Å². The Morgan fingerprint density at radius 3 is 1.75 bits per heavy atom. The molecule has 0 amide bonds. The Balaban J connectivity index is 0.000000283. The number of hydrogen-bond acceptors (Lipinski definition) is 5. The zero-order chi connectivity index (χ0) is 21.0. The number of alkyl halides is 1. The summed E-state index contributed by atoms with van der Waals surface area (Å²) < 4.78 is 26.6. The Morgan fingerprint density at radius 1 is 0.786 bits per heavy atom. The highest BCUT2D eigenvalue weighted by molar-refractivity contribution is 6.75. The fraction of sp³-hybridized carbons (Fsp3) is 0.368. The third-order valence-corrected chi connectivity index (χ3v) is 9.41. The van der Waals surface area contributed by atoms with Crippen molar-refractivity contribution in [2.75, 3.05) is 35.5 Å². The van der Waals surface area contributed by atoms with Gasteiger partial charge in [-0.1, -0.05) is 54.1 Å². The molecule has 0 spiro atoms. The summed E-state index contributed by atoms with van der Waals surface area (Å²) in [6.07, 6.45) is 0. The molecule has 2 aromatic rings. The fourth-order valence-corrected chi connectivity index (χ4v) is 6.58. The highest BCUT2D eigenvalue weighted by Crippen LogP contribution is 2.16. The van der Waals surface area contributed by atoms with E-state index in [9.17, 15) is 0 Å². The number of halogens is 2. The van der Waals surface area contributed by atoms with Crippen molar-refractivity contribution in [1.29, 1.82) is 0 Å². The number of hydrogen-bond donors (Lipinski definition) is 0. The van der Waals surface area contributed by atoms with Crippen LogP contribution in [-0.4, -0.2) is 53.6 Å². The van der Waals surface area contributed by atoms with Gasteiger partial charge in [0, 0.05) is 57.7 Å². The van der Waals surface area contributed by atoms with Gasteiger partial charge >= 0.3 is 18.1 Å². The van der Waals surface area contributed by atoms with E-state index >= 15 is 0 Å². The van der Waals surface area contributed by atoms with Crippen molar-refractivity contribution >= 4 is 46.5 Å². The van der Waals surface area contributed by atoms with Gasteiger partial charge in [-0.15, -0.1) is 11.6 Å². The summed E-state index contributed by atoms with van der Waals surface area (Å²) in [6, 6.07) is 16.3. The van der Waals surface area contributed by atoms with Crippen LogP contribution in [0.3, 0.4) is 0 Å². The molecule has 2 rings (SSSR count). The van der Waals surface area contributed by atoms with E-state index in [0.717, 1.165) is 27.4 Å². The minimum atomic E-state index is -2.74. The first-order valence-corrected chi connectivity index (χ1v) is 13.0. The average Bonchev–Trinajstić information content (AvgIpc) is 2.75. The standard InChI is InChI=1S/C10H15ClO3Si.C9H13ClO2Si/c1-12-15(13-2,14-3)10-7-5-4-6-9(10)8-11;1-11-13(12-2)7-8-5-3-4-6-9(8)10/h4-7H,8H2,1-3H3;3-6,13H,7H2,1-2H3. The summed E-state index contributed by atoms with van der Waals surface area (Å²) in [7, 11) is 3.84. The van der Waals surface area contributed by atoms with E-state index in [1.807, 2.05) is 48.5 Å². The zero-order valence-corrected chi connectivity index (χ0v) is 20.6. The van der Waals surface area contributed by atoms with E-state index in [1.54, 1.807) is 35.5 Å². The van der Waals surface area contributed by atoms with Gasteiger partial charge in [-0.05, 0) is 17.2 Å². The highest BCUT2D eigenvalue weighted by Gasteiger charge is 2.42. The lowest BCUT2D eigenvalue weighted by molar-refractivity contribution is 0.140. The first kappa shape index (κ1) is 25.3. The van der Waals surface area contributed by atoms with Crippen LogP contribution in [-0.2, 0) is 34.1 Å². The Morgan fingerprint density at radius 2 is 1.29 bits per heavy atom. The van der Waals surface area contributed by atoms with E-state index in [2.05, 4.69) is 0 Å². The van der Waals surface area contributed by atoms with E-state index in [1.165, 1.54) is 0 Å². The molecule has 0 aliphatic rings. The topological polar surface area (TPSA) is 46.2 Å². The molecule has 0 unspecified atom stereocenters. The Bertz CT molecular complexity index is 689. The lowest BCUT2D eigenvalue weighted by atomic mass is 10.2. The minimum Gasteiger partial charge on any atom is -0.400 e. The van der Waals surface area contributed by atoms with Gasteiger partial charge in [-0.2, -0.15) is 0 Å². The summed E-state index contributed by atoms with van der Waals surface area (Å²) in [5.74, 6) is 0.418. The Kier molecular flexibility index (Phi) is 12.2. The SMILES string of the molecule is CO[SiH](Cc1ccccc1Cl)OC.CO[Si](OC)(OC)c1ccccc1CCl. The molecule has 0 heterocycles. The predicted molar refractivity (Wildman–Crippen MR) is 119 cm³/mol. The maximum absolute atomic E-state index is 5.99. The number of rotatable bonds is 9. The average molecular weight is 464 g/mol. The molecule has 28 heavy (non-hydrogen) atoms. The van der Waals surface area contributed by atoms with Gasteiger partial charge < -0.3 is 22.1 Å². The van der Waals surface area contributed by atoms with E-state index in [-0.39, 0.29) is 0 Å². The van der Waals surface area contributed by atoms with E-state index in [0.29, 0.717) is 5.88 Å². The fourth-order valence-electron chi connectivity index (χ4n) is 2.62. The van der Waals surface area contributed by atoms with Gasteiger partial charge in [0.15, 0.2) is 0 Å². The van der Waals surface area contributed by atoms with Crippen molar-refractivity contribution < 1.29 is 22.1 Å². The second-order valence-corrected chi connectivity index (χ2v) is 11.4. The maximum atomic E-state index is 5.99. The molecule has 0 aromatic heterocycles. The molecule has 0 atom stereocenters. The molecule has 0 aliphatic carbocycles. The van der Waals surface area contributed by atoms with Crippen molar-refractivity contribution in [3.63, 3.8) is 0 Å². The van der Waals surface area contributed by atoms with Gasteiger partial charge in [0.1, 0.15) is 0 Å². The van der Waals surface area contributed by atoms with Crippen LogP contribution in [0.15, 0.2) is 48.5 Å². The van der Waals surface area contributed by atoms with Gasteiger partial charge in [-0.25, -0.2) is 0 Å². The molecule has 0 bridgehead atoms. The summed E-state index contributed by atoms with van der Waals surface area (Å²) in [5.41, 5.74) is 2.08. The molecule has 0 fully saturated rings. The van der Waals surface area contributed by atoms with Crippen LogP contribution >= 0.6 is 23.2 Å².